The van der Waals surface area contributed by atoms with Crippen LogP contribution in [0.4, 0.5) is 0 Å². The predicted octanol–water partition coefficient (Wildman–Crippen LogP) is 0.217. The first-order valence-corrected chi connectivity index (χ1v) is 2.34. The fourth-order valence-electron chi connectivity index (χ4n) is 0.492. The summed E-state index contributed by atoms with van der Waals surface area (Å²) in [5, 5.41) is 6.39. The van der Waals surface area contributed by atoms with Gasteiger partial charge >= 0.3 is 0 Å². The lowest BCUT2D eigenvalue weighted by atomic mass is 10.4. The maximum atomic E-state index is 5.03. The highest BCUT2D eigenvalue weighted by atomic mass is 35.5. The normalized spacial score (nSPS) is 7.70. The van der Waals surface area contributed by atoms with Crippen molar-refractivity contribution in [3.63, 3.8) is 0 Å². The molecule has 4 nitrogen and oxygen atoms in total. The molecule has 0 aliphatic rings. The number of hydrogen-bond acceptors (Lipinski definition) is 3. The van der Waals surface area contributed by atoms with E-state index in [-0.39, 0.29) is 24.8 Å². The SMILES string of the molecule is Cl.Cl.NNCc1cn[nH]c1. The smallest absolute Gasteiger partial charge is 0.0532 e. The molecule has 0 atom stereocenters. The lowest BCUT2D eigenvalue weighted by Gasteiger charge is -1.88. The summed E-state index contributed by atoms with van der Waals surface area (Å²) >= 11 is 0. The van der Waals surface area contributed by atoms with Crippen molar-refractivity contribution in [3.8, 4) is 0 Å². The summed E-state index contributed by atoms with van der Waals surface area (Å²) in [5.74, 6) is 5.03. The van der Waals surface area contributed by atoms with Crippen molar-refractivity contribution in [1.29, 1.82) is 0 Å². The minimum absolute atomic E-state index is 0. The second-order valence-electron chi connectivity index (χ2n) is 1.49. The molecule has 0 spiro atoms. The van der Waals surface area contributed by atoms with Crippen LogP contribution in [0.2, 0.25) is 0 Å². The van der Waals surface area contributed by atoms with Gasteiger partial charge in [-0.1, -0.05) is 0 Å². The van der Waals surface area contributed by atoms with Crippen molar-refractivity contribution < 1.29 is 0 Å². The second-order valence-corrected chi connectivity index (χ2v) is 1.49. The number of rotatable bonds is 2. The van der Waals surface area contributed by atoms with Gasteiger partial charge in [0.2, 0.25) is 0 Å². The third kappa shape index (κ3) is 3.68. The van der Waals surface area contributed by atoms with E-state index >= 15 is 0 Å². The van der Waals surface area contributed by atoms with Crippen LogP contribution in [-0.4, -0.2) is 10.2 Å². The number of aromatic amines is 1. The van der Waals surface area contributed by atoms with E-state index in [1.54, 1.807) is 12.4 Å². The summed E-state index contributed by atoms with van der Waals surface area (Å²) in [6.07, 6.45) is 3.51. The Hall–Kier alpha value is -0.290. The number of aromatic nitrogens is 2. The Morgan fingerprint density at radius 1 is 1.60 bits per heavy atom. The quantitative estimate of drug-likeness (QED) is 0.456. The average Bonchev–Trinajstić information content (AvgIpc) is 2.19. The van der Waals surface area contributed by atoms with E-state index in [0.29, 0.717) is 6.54 Å². The van der Waals surface area contributed by atoms with E-state index in [1.165, 1.54) is 0 Å². The number of H-pyrrole nitrogens is 1. The Morgan fingerprint density at radius 2 is 2.30 bits per heavy atom. The molecule has 1 aromatic heterocycles. The molecular formula is C4H10Cl2N4. The number of hydrazine groups is 1. The first kappa shape index (κ1) is 12.4. The van der Waals surface area contributed by atoms with Gasteiger partial charge in [-0.25, -0.2) is 0 Å². The van der Waals surface area contributed by atoms with Crippen molar-refractivity contribution in [2.75, 3.05) is 0 Å². The summed E-state index contributed by atoms with van der Waals surface area (Å²) in [4.78, 5) is 0. The molecule has 0 fully saturated rings. The zero-order valence-electron chi connectivity index (χ0n) is 5.20. The molecule has 6 heteroatoms. The van der Waals surface area contributed by atoms with E-state index in [9.17, 15) is 0 Å². The molecule has 0 aliphatic heterocycles. The van der Waals surface area contributed by atoms with E-state index < -0.39 is 0 Å². The molecule has 10 heavy (non-hydrogen) atoms. The van der Waals surface area contributed by atoms with E-state index in [0.717, 1.165) is 5.56 Å². The summed E-state index contributed by atoms with van der Waals surface area (Å²) in [6.45, 7) is 0.663. The molecule has 1 rings (SSSR count). The van der Waals surface area contributed by atoms with Gasteiger partial charge in [-0.3, -0.25) is 16.4 Å². The maximum Gasteiger partial charge on any atom is 0.0532 e. The molecule has 60 valence electrons. The Labute approximate surface area is 71.4 Å². The first-order chi connectivity index (χ1) is 3.93. The fraction of sp³-hybridized carbons (Fsp3) is 0.250. The van der Waals surface area contributed by atoms with Crippen LogP contribution in [0.3, 0.4) is 0 Å². The molecule has 0 aliphatic carbocycles. The zero-order valence-corrected chi connectivity index (χ0v) is 6.84. The molecule has 0 aromatic carbocycles. The van der Waals surface area contributed by atoms with Crippen molar-refractivity contribution in [2.45, 2.75) is 6.54 Å². The second kappa shape index (κ2) is 6.82. The standard InChI is InChI=1S/C4H8N4.2ClH/c5-6-1-4-2-7-8-3-4;;/h2-3,6H,1,5H2,(H,7,8);2*1H. The summed E-state index contributed by atoms with van der Waals surface area (Å²) < 4.78 is 0. The fourth-order valence-corrected chi connectivity index (χ4v) is 0.492. The van der Waals surface area contributed by atoms with E-state index in [1.807, 2.05) is 0 Å². The van der Waals surface area contributed by atoms with Gasteiger partial charge in [0.05, 0.1) is 6.20 Å². The van der Waals surface area contributed by atoms with Crippen LogP contribution < -0.4 is 11.3 Å². The van der Waals surface area contributed by atoms with Gasteiger partial charge in [-0.15, -0.1) is 24.8 Å². The largest absolute Gasteiger partial charge is 0.285 e. The average molecular weight is 185 g/mol. The van der Waals surface area contributed by atoms with E-state index in [2.05, 4.69) is 15.6 Å². The number of nitrogens with two attached hydrogens (primary N) is 1. The van der Waals surface area contributed by atoms with Crippen LogP contribution in [-0.2, 0) is 6.54 Å². The summed E-state index contributed by atoms with van der Waals surface area (Å²) in [7, 11) is 0. The molecule has 0 saturated heterocycles. The summed E-state index contributed by atoms with van der Waals surface area (Å²) in [5.41, 5.74) is 3.57. The topological polar surface area (TPSA) is 66.7 Å². The van der Waals surface area contributed by atoms with Crippen LogP contribution in [0.5, 0.6) is 0 Å². The highest BCUT2D eigenvalue weighted by Gasteiger charge is 1.86. The number of hydrogen-bond donors (Lipinski definition) is 3. The third-order valence-corrected chi connectivity index (χ3v) is 0.861. The first-order valence-electron chi connectivity index (χ1n) is 2.34. The van der Waals surface area contributed by atoms with E-state index in [4.69, 9.17) is 5.84 Å². The minimum atomic E-state index is 0. The van der Waals surface area contributed by atoms with Gasteiger partial charge in [0.25, 0.3) is 0 Å². The van der Waals surface area contributed by atoms with Crippen LogP contribution in [0.15, 0.2) is 12.4 Å². The van der Waals surface area contributed by atoms with Gasteiger partial charge in [-0.2, -0.15) is 5.10 Å². The van der Waals surface area contributed by atoms with Gasteiger partial charge in [-0.05, 0) is 0 Å². The molecule has 0 saturated carbocycles. The van der Waals surface area contributed by atoms with Crippen molar-refractivity contribution in [1.82, 2.24) is 15.6 Å². The Bertz CT molecular complexity index is 141. The Balaban J connectivity index is 0. The number of nitrogens with one attached hydrogen (secondary N) is 2. The molecule has 0 radical (unpaired) electrons. The maximum absolute atomic E-state index is 5.03. The number of nitrogens with zero attached hydrogens (tertiary/aromatic N) is 1. The molecule has 0 unspecified atom stereocenters. The van der Waals surface area contributed by atoms with Crippen LogP contribution in [0, 0.1) is 0 Å². The van der Waals surface area contributed by atoms with Gasteiger partial charge in [0.1, 0.15) is 0 Å². The van der Waals surface area contributed by atoms with Crippen molar-refractivity contribution in [3.05, 3.63) is 18.0 Å². The third-order valence-electron chi connectivity index (χ3n) is 0.861. The molecule has 0 amide bonds. The highest BCUT2D eigenvalue weighted by molar-refractivity contribution is 5.85. The van der Waals surface area contributed by atoms with Gasteiger partial charge < -0.3 is 0 Å². The highest BCUT2D eigenvalue weighted by Crippen LogP contribution is 1.88. The number of halogens is 2. The molecule has 4 N–H and O–H groups in total. The monoisotopic (exact) mass is 184 g/mol. The molecule has 0 bridgehead atoms. The zero-order chi connectivity index (χ0) is 5.82. The van der Waals surface area contributed by atoms with Crippen molar-refractivity contribution in [2.24, 2.45) is 5.84 Å². The minimum Gasteiger partial charge on any atom is -0.285 e. The van der Waals surface area contributed by atoms with Crippen LogP contribution in [0.25, 0.3) is 0 Å². The Morgan fingerprint density at radius 3 is 2.70 bits per heavy atom. The van der Waals surface area contributed by atoms with Gasteiger partial charge in [0.15, 0.2) is 0 Å². The molecular weight excluding hydrogens is 175 g/mol. The lowest BCUT2D eigenvalue weighted by molar-refractivity contribution is 0.742. The molecule has 1 heterocycles. The van der Waals surface area contributed by atoms with Gasteiger partial charge in [0, 0.05) is 18.3 Å². The van der Waals surface area contributed by atoms with Crippen LogP contribution >= 0.6 is 24.8 Å². The summed E-state index contributed by atoms with van der Waals surface area (Å²) in [6, 6.07) is 0. The van der Waals surface area contributed by atoms with Crippen LogP contribution in [0.1, 0.15) is 5.56 Å². The lowest BCUT2D eigenvalue weighted by Crippen LogP contribution is -2.20. The molecule has 1 aromatic rings. The predicted molar refractivity (Wildman–Crippen MR) is 44.1 cm³/mol. The Kier molecular flexibility index (Phi) is 8.46. The van der Waals surface area contributed by atoms with Crippen molar-refractivity contribution >= 4 is 24.8 Å².